The van der Waals surface area contributed by atoms with Gasteiger partial charge in [0.2, 0.25) is 0 Å². The molecule has 0 spiro atoms. The van der Waals surface area contributed by atoms with E-state index < -0.39 is 10.1 Å². The summed E-state index contributed by atoms with van der Waals surface area (Å²) < 4.78 is 34.2. The lowest BCUT2D eigenvalue weighted by Crippen LogP contribution is -2.42. The van der Waals surface area contributed by atoms with Gasteiger partial charge < -0.3 is 4.57 Å². The zero-order valence-electron chi connectivity index (χ0n) is 12.6. The molecule has 4 rings (SSSR count). The zero-order chi connectivity index (χ0) is 15.5. The topological polar surface area (TPSA) is 62.5 Å². The first kappa shape index (κ1) is 14.2. The first-order valence-corrected chi connectivity index (χ1v) is 9.36. The van der Waals surface area contributed by atoms with Gasteiger partial charge in [0.1, 0.15) is 5.88 Å². The molecule has 1 aromatic carbocycles. The third-order valence-electron chi connectivity index (χ3n) is 4.97. The molecule has 2 aliphatic rings. The Bertz CT molecular complexity index is 854. The number of fused-ring (bicyclic) bond motifs is 3. The summed E-state index contributed by atoms with van der Waals surface area (Å²) >= 11 is 0. The van der Waals surface area contributed by atoms with Crippen molar-refractivity contribution in [2.45, 2.75) is 38.8 Å². The van der Waals surface area contributed by atoms with E-state index in [2.05, 4.69) is 29.7 Å². The van der Waals surface area contributed by atoms with Crippen molar-refractivity contribution in [2.75, 3.05) is 12.4 Å². The monoisotopic (exact) mass is 320 g/mol. The maximum Gasteiger partial charge on any atom is 0.278 e. The van der Waals surface area contributed by atoms with Crippen molar-refractivity contribution < 1.29 is 13.0 Å². The molecule has 5 nitrogen and oxygen atoms in total. The Morgan fingerprint density at radius 2 is 2.14 bits per heavy atom. The molecule has 118 valence electrons. The first-order chi connectivity index (χ1) is 10.4. The quantitative estimate of drug-likeness (QED) is 0.864. The normalized spacial score (nSPS) is 22.0. The van der Waals surface area contributed by atoms with Crippen LogP contribution in [0.1, 0.15) is 35.7 Å². The van der Waals surface area contributed by atoms with Crippen molar-refractivity contribution in [3.63, 3.8) is 0 Å². The van der Waals surface area contributed by atoms with Gasteiger partial charge in [0.05, 0.1) is 6.04 Å². The van der Waals surface area contributed by atoms with Gasteiger partial charge in [0, 0.05) is 29.7 Å². The lowest BCUT2D eigenvalue weighted by Gasteiger charge is -2.39. The summed E-state index contributed by atoms with van der Waals surface area (Å²) in [7, 11) is -3.98. The number of rotatable bonds is 2. The van der Waals surface area contributed by atoms with Crippen LogP contribution >= 0.6 is 0 Å². The van der Waals surface area contributed by atoms with Gasteiger partial charge in [0.15, 0.2) is 0 Å². The lowest BCUT2D eigenvalue weighted by atomic mass is 9.90. The molecule has 0 fully saturated rings. The summed E-state index contributed by atoms with van der Waals surface area (Å²) in [6.07, 6.45) is 3.07. The number of nitrogens with zero attached hydrogens (tertiary/aromatic N) is 2. The molecule has 0 radical (unpaired) electrons. The summed E-state index contributed by atoms with van der Waals surface area (Å²) in [4.78, 5) is 1.92. The van der Waals surface area contributed by atoms with E-state index in [9.17, 15) is 13.0 Å². The maximum absolute atomic E-state index is 11.3. The van der Waals surface area contributed by atoms with E-state index in [0.717, 1.165) is 25.8 Å². The maximum atomic E-state index is 11.3. The summed E-state index contributed by atoms with van der Waals surface area (Å²) in [5.74, 6) is -0.266. The van der Waals surface area contributed by atoms with Crippen molar-refractivity contribution in [3.05, 3.63) is 35.0 Å². The molecule has 22 heavy (non-hydrogen) atoms. The van der Waals surface area contributed by atoms with Gasteiger partial charge >= 0.3 is 0 Å². The van der Waals surface area contributed by atoms with Crippen molar-refractivity contribution in [1.82, 2.24) is 9.47 Å². The molecule has 1 atom stereocenters. The van der Waals surface area contributed by atoms with Gasteiger partial charge in [-0.2, -0.15) is 8.42 Å². The van der Waals surface area contributed by atoms with Gasteiger partial charge in [-0.3, -0.25) is 9.45 Å². The van der Waals surface area contributed by atoms with Crippen LogP contribution in [0.5, 0.6) is 0 Å². The fourth-order valence-corrected chi connectivity index (χ4v) is 4.88. The Hall–Kier alpha value is -1.37. The molecule has 0 bridgehead atoms. The van der Waals surface area contributed by atoms with E-state index >= 15 is 0 Å². The number of aryl methyl sites for hydroxylation is 2. The molecule has 1 N–H and O–H groups in total. The minimum absolute atomic E-state index is 0.104. The van der Waals surface area contributed by atoms with Gasteiger partial charge in [-0.15, -0.1) is 0 Å². The van der Waals surface area contributed by atoms with E-state index in [4.69, 9.17) is 0 Å². The van der Waals surface area contributed by atoms with Crippen molar-refractivity contribution in [2.24, 2.45) is 0 Å². The Balaban J connectivity index is 1.88. The highest BCUT2D eigenvalue weighted by Crippen LogP contribution is 2.42. The SMILES string of the molecule is Cc1ccc2c(c1)c1c3n2CCN(CS(=O)(=O)O)C3CCC1. The van der Waals surface area contributed by atoms with Crippen LogP contribution in [0, 0.1) is 6.92 Å². The standard InChI is InChI=1S/C16H20N2O3S/c1-11-5-6-14-13(9-11)12-3-2-4-15-16(12)18(14)8-7-17(15)10-22(19,20)21/h5-6,9,15H,2-4,7-8,10H2,1H3,(H,19,20,21). The summed E-state index contributed by atoms with van der Waals surface area (Å²) in [6, 6.07) is 6.66. The largest absolute Gasteiger partial charge is 0.342 e. The van der Waals surface area contributed by atoms with Gasteiger partial charge in [0.25, 0.3) is 10.1 Å². The molecule has 1 aromatic heterocycles. The molecule has 1 unspecified atom stereocenters. The number of hydrogen-bond donors (Lipinski definition) is 1. The van der Waals surface area contributed by atoms with Crippen LogP contribution in [0.4, 0.5) is 0 Å². The average Bonchev–Trinajstić information content (AvgIpc) is 2.76. The highest BCUT2D eigenvalue weighted by molar-refractivity contribution is 7.85. The minimum atomic E-state index is -3.98. The van der Waals surface area contributed by atoms with Crippen molar-refractivity contribution in [1.29, 1.82) is 0 Å². The van der Waals surface area contributed by atoms with Crippen LogP contribution in [0.15, 0.2) is 18.2 Å². The number of benzene rings is 1. The van der Waals surface area contributed by atoms with E-state index in [0.29, 0.717) is 6.54 Å². The van der Waals surface area contributed by atoms with Crippen LogP contribution in [0.3, 0.4) is 0 Å². The molecule has 2 heterocycles. The fraction of sp³-hybridized carbons (Fsp3) is 0.500. The van der Waals surface area contributed by atoms with Crippen LogP contribution in [-0.4, -0.2) is 34.9 Å². The van der Waals surface area contributed by atoms with Gasteiger partial charge in [-0.05, 0) is 43.9 Å². The molecule has 1 aliphatic carbocycles. The van der Waals surface area contributed by atoms with Gasteiger partial charge in [-0.1, -0.05) is 11.6 Å². The molecule has 1 aliphatic heterocycles. The summed E-state index contributed by atoms with van der Waals surface area (Å²) in [6.45, 7) is 3.54. The fourth-order valence-electron chi connectivity index (χ4n) is 4.16. The molecule has 0 saturated carbocycles. The molecular weight excluding hydrogens is 300 g/mol. The zero-order valence-corrected chi connectivity index (χ0v) is 13.4. The second kappa shape index (κ2) is 4.81. The van der Waals surface area contributed by atoms with Crippen LogP contribution in [0.2, 0.25) is 0 Å². The lowest BCUT2D eigenvalue weighted by molar-refractivity contribution is 0.163. The molecular formula is C16H20N2O3S. The average molecular weight is 320 g/mol. The van der Waals surface area contributed by atoms with E-state index in [1.54, 1.807) is 0 Å². The van der Waals surface area contributed by atoms with Crippen LogP contribution in [-0.2, 0) is 23.1 Å². The van der Waals surface area contributed by atoms with E-state index in [1.807, 2.05) is 4.90 Å². The minimum Gasteiger partial charge on any atom is -0.342 e. The first-order valence-electron chi connectivity index (χ1n) is 7.75. The Morgan fingerprint density at radius 1 is 1.32 bits per heavy atom. The van der Waals surface area contributed by atoms with Crippen LogP contribution in [0.25, 0.3) is 10.9 Å². The highest BCUT2D eigenvalue weighted by atomic mass is 32.2. The van der Waals surface area contributed by atoms with E-state index in [1.165, 1.54) is 27.7 Å². The number of hydrogen-bond acceptors (Lipinski definition) is 3. The van der Waals surface area contributed by atoms with Crippen LogP contribution < -0.4 is 0 Å². The molecule has 0 saturated heterocycles. The van der Waals surface area contributed by atoms with Crippen molar-refractivity contribution in [3.8, 4) is 0 Å². The smallest absolute Gasteiger partial charge is 0.278 e. The third-order valence-corrected chi connectivity index (χ3v) is 5.63. The highest BCUT2D eigenvalue weighted by Gasteiger charge is 2.36. The predicted octanol–water partition coefficient (Wildman–Crippen LogP) is 2.49. The van der Waals surface area contributed by atoms with E-state index in [-0.39, 0.29) is 11.9 Å². The molecule has 0 amide bonds. The second-order valence-electron chi connectivity index (χ2n) is 6.47. The Labute approximate surface area is 130 Å². The Kier molecular flexibility index (Phi) is 3.11. The third kappa shape index (κ3) is 2.17. The Morgan fingerprint density at radius 3 is 2.91 bits per heavy atom. The summed E-state index contributed by atoms with van der Waals surface area (Å²) in [5.41, 5.74) is 5.15. The second-order valence-corrected chi connectivity index (χ2v) is 7.89. The van der Waals surface area contributed by atoms with Crippen molar-refractivity contribution >= 4 is 21.0 Å². The molecule has 6 heteroatoms. The predicted molar refractivity (Wildman–Crippen MR) is 85.5 cm³/mol. The van der Waals surface area contributed by atoms with Gasteiger partial charge in [-0.25, -0.2) is 0 Å². The number of aromatic nitrogens is 1. The summed E-state index contributed by atoms with van der Waals surface area (Å²) in [5, 5.41) is 1.31. The molecule has 2 aromatic rings.